The van der Waals surface area contributed by atoms with Crippen LogP contribution in [-0.4, -0.2) is 40.6 Å². The van der Waals surface area contributed by atoms with E-state index in [1.807, 2.05) is 22.4 Å². The van der Waals surface area contributed by atoms with E-state index in [4.69, 9.17) is 4.74 Å². The number of hydrogen-bond donors (Lipinski definition) is 0. The van der Waals surface area contributed by atoms with Crippen LogP contribution in [0, 0.1) is 5.82 Å². The molecule has 0 radical (unpaired) electrons. The van der Waals surface area contributed by atoms with Crippen LogP contribution in [0.15, 0.2) is 58.8 Å². The van der Waals surface area contributed by atoms with E-state index >= 15 is 0 Å². The van der Waals surface area contributed by atoms with Crippen molar-refractivity contribution in [1.82, 2.24) is 9.88 Å². The molecule has 160 valence electrons. The zero-order chi connectivity index (χ0) is 21.6. The van der Waals surface area contributed by atoms with E-state index in [0.29, 0.717) is 17.0 Å². The van der Waals surface area contributed by atoms with Crippen molar-refractivity contribution in [1.29, 1.82) is 0 Å². The maximum Gasteiger partial charge on any atom is 0.339 e. The van der Waals surface area contributed by atoms with E-state index in [9.17, 15) is 14.0 Å². The van der Waals surface area contributed by atoms with Gasteiger partial charge >= 0.3 is 5.97 Å². The molecule has 0 atom stereocenters. The Morgan fingerprint density at radius 1 is 1.10 bits per heavy atom. The Morgan fingerprint density at radius 3 is 2.61 bits per heavy atom. The molecular formula is C23H21FN2O3S2. The Labute approximate surface area is 188 Å². The quantitative estimate of drug-likeness (QED) is 0.369. The van der Waals surface area contributed by atoms with Gasteiger partial charge in [0.15, 0.2) is 0 Å². The number of carbonyl (C=O) groups is 2. The largest absolute Gasteiger partial charge is 0.456 e. The molecule has 3 aromatic rings. The first kappa shape index (κ1) is 21.5. The molecule has 1 aliphatic rings. The number of amides is 1. The maximum absolute atomic E-state index is 13.1. The summed E-state index contributed by atoms with van der Waals surface area (Å²) in [5.41, 5.74) is 1.89. The second-order valence-corrected chi connectivity index (χ2v) is 8.98. The van der Waals surface area contributed by atoms with Gasteiger partial charge in [0.05, 0.1) is 17.0 Å². The summed E-state index contributed by atoms with van der Waals surface area (Å²) < 4.78 is 18.6. The topological polar surface area (TPSA) is 59.5 Å². The summed E-state index contributed by atoms with van der Waals surface area (Å²) in [6.07, 6.45) is 2.11. The van der Waals surface area contributed by atoms with Crippen molar-refractivity contribution < 1.29 is 18.7 Å². The van der Waals surface area contributed by atoms with Crippen LogP contribution in [0.4, 0.5) is 4.39 Å². The number of thioether (sulfide) groups is 1. The summed E-state index contributed by atoms with van der Waals surface area (Å²) in [4.78, 5) is 32.0. The van der Waals surface area contributed by atoms with Gasteiger partial charge in [-0.15, -0.1) is 23.1 Å². The average Bonchev–Trinajstić information content (AvgIpc) is 3.49. The van der Waals surface area contributed by atoms with Crippen molar-refractivity contribution in [3.8, 4) is 10.6 Å². The van der Waals surface area contributed by atoms with Gasteiger partial charge in [-0.1, -0.05) is 12.1 Å². The molecule has 1 aromatic heterocycles. The smallest absolute Gasteiger partial charge is 0.339 e. The molecule has 1 aliphatic heterocycles. The number of ether oxygens (including phenoxy) is 1. The average molecular weight is 457 g/mol. The molecule has 8 heteroatoms. The number of carbonyl (C=O) groups excluding carboxylic acids is 2. The van der Waals surface area contributed by atoms with Gasteiger partial charge in [-0.3, -0.25) is 4.79 Å². The summed E-state index contributed by atoms with van der Waals surface area (Å²) in [6.45, 7) is 1.68. The molecule has 2 aromatic carbocycles. The molecule has 1 saturated heterocycles. The van der Waals surface area contributed by atoms with Gasteiger partial charge in [0, 0.05) is 28.9 Å². The molecule has 5 nitrogen and oxygen atoms in total. The molecule has 0 unspecified atom stereocenters. The van der Waals surface area contributed by atoms with Crippen molar-refractivity contribution in [2.45, 2.75) is 24.3 Å². The summed E-state index contributed by atoms with van der Waals surface area (Å²) in [5.74, 6) is -0.347. The fourth-order valence-corrected chi connectivity index (χ4v) is 5.03. The van der Waals surface area contributed by atoms with Crippen molar-refractivity contribution in [3.05, 3.63) is 71.0 Å². The number of likely N-dealkylation sites (tertiary alicyclic amines) is 1. The third kappa shape index (κ3) is 5.51. The Morgan fingerprint density at radius 2 is 1.84 bits per heavy atom. The minimum Gasteiger partial charge on any atom is -0.456 e. The highest BCUT2D eigenvalue weighted by molar-refractivity contribution is 8.00. The molecular weight excluding hydrogens is 435 g/mol. The molecule has 0 N–H and O–H groups in total. The number of thiazole rings is 1. The first-order valence-electron chi connectivity index (χ1n) is 9.97. The van der Waals surface area contributed by atoms with Gasteiger partial charge in [0.25, 0.3) is 0 Å². The molecule has 0 bridgehead atoms. The molecule has 0 aliphatic carbocycles. The third-order valence-corrected chi connectivity index (χ3v) is 6.91. The minimum absolute atomic E-state index is 0.0439. The van der Waals surface area contributed by atoms with E-state index in [1.54, 1.807) is 24.3 Å². The number of benzene rings is 2. The fourth-order valence-electron chi connectivity index (χ4n) is 3.27. The predicted octanol–water partition coefficient (Wildman–Crippen LogP) is 5.02. The van der Waals surface area contributed by atoms with Crippen LogP contribution in [0.25, 0.3) is 10.6 Å². The van der Waals surface area contributed by atoms with Gasteiger partial charge in [-0.05, 0) is 49.2 Å². The van der Waals surface area contributed by atoms with E-state index in [-0.39, 0.29) is 18.3 Å². The van der Waals surface area contributed by atoms with E-state index in [0.717, 1.165) is 41.4 Å². The highest BCUT2D eigenvalue weighted by atomic mass is 32.2. The zero-order valence-corrected chi connectivity index (χ0v) is 18.4. The van der Waals surface area contributed by atoms with Gasteiger partial charge in [-0.25, -0.2) is 14.2 Å². The molecule has 31 heavy (non-hydrogen) atoms. The van der Waals surface area contributed by atoms with Gasteiger partial charge in [0.2, 0.25) is 5.91 Å². The van der Waals surface area contributed by atoms with Crippen LogP contribution in [0.2, 0.25) is 0 Å². The third-order valence-electron chi connectivity index (χ3n) is 4.91. The Hall–Kier alpha value is -2.71. The highest BCUT2D eigenvalue weighted by Gasteiger charge is 2.20. The number of halogens is 1. The Balaban J connectivity index is 1.35. The molecule has 2 heterocycles. The lowest BCUT2D eigenvalue weighted by Gasteiger charge is -2.15. The highest BCUT2D eigenvalue weighted by Crippen LogP contribution is 2.26. The Bertz CT molecular complexity index is 1060. The normalized spacial score (nSPS) is 13.4. The van der Waals surface area contributed by atoms with Crippen LogP contribution in [0.3, 0.4) is 0 Å². The van der Waals surface area contributed by atoms with Crippen molar-refractivity contribution in [3.63, 3.8) is 0 Å². The Kier molecular flexibility index (Phi) is 6.99. The number of aromatic nitrogens is 1. The number of esters is 1. The van der Waals surface area contributed by atoms with Crippen molar-refractivity contribution >= 4 is 35.0 Å². The fraction of sp³-hybridized carbons (Fsp3) is 0.261. The van der Waals surface area contributed by atoms with Crippen LogP contribution in [0.1, 0.15) is 28.9 Å². The SMILES string of the molecule is O=C(OCc1csc(-c2ccc(F)cc2)n1)c1ccccc1SCC(=O)N1CCCC1. The molecule has 1 fully saturated rings. The first-order chi connectivity index (χ1) is 15.1. The van der Waals surface area contributed by atoms with Crippen molar-refractivity contribution in [2.24, 2.45) is 0 Å². The lowest BCUT2D eigenvalue weighted by Crippen LogP contribution is -2.29. The minimum atomic E-state index is -0.451. The van der Waals surface area contributed by atoms with E-state index < -0.39 is 5.97 Å². The zero-order valence-electron chi connectivity index (χ0n) is 16.8. The van der Waals surface area contributed by atoms with E-state index in [1.165, 1.54) is 35.2 Å². The van der Waals surface area contributed by atoms with Gasteiger partial charge in [0.1, 0.15) is 17.4 Å². The first-order valence-corrected chi connectivity index (χ1v) is 11.8. The van der Waals surface area contributed by atoms with Gasteiger partial charge in [-0.2, -0.15) is 0 Å². The summed E-state index contributed by atoms with van der Waals surface area (Å²) in [7, 11) is 0. The van der Waals surface area contributed by atoms with E-state index in [2.05, 4.69) is 4.98 Å². The van der Waals surface area contributed by atoms with Crippen LogP contribution < -0.4 is 0 Å². The summed E-state index contributed by atoms with van der Waals surface area (Å²) >= 11 is 2.77. The van der Waals surface area contributed by atoms with Crippen molar-refractivity contribution in [2.75, 3.05) is 18.8 Å². The number of rotatable bonds is 7. The van der Waals surface area contributed by atoms with Crippen LogP contribution in [-0.2, 0) is 16.1 Å². The number of hydrogen-bond acceptors (Lipinski definition) is 6. The second kappa shape index (κ2) is 10.1. The monoisotopic (exact) mass is 456 g/mol. The summed E-state index contributed by atoms with van der Waals surface area (Å²) in [5, 5.41) is 2.56. The molecule has 1 amide bonds. The predicted molar refractivity (Wildman–Crippen MR) is 120 cm³/mol. The molecule has 4 rings (SSSR count). The molecule has 0 saturated carbocycles. The number of nitrogens with zero attached hydrogens (tertiary/aromatic N) is 2. The van der Waals surface area contributed by atoms with Crippen LogP contribution in [0.5, 0.6) is 0 Å². The molecule has 0 spiro atoms. The lowest BCUT2D eigenvalue weighted by molar-refractivity contribution is -0.127. The lowest BCUT2D eigenvalue weighted by atomic mass is 10.2. The standard InChI is InChI=1S/C23H21FN2O3S2/c24-17-9-7-16(8-10-17)22-25-18(14-31-22)13-29-23(28)19-5-1-2-6-20(19)30-15-21(27)26-11-3-4-12-26/h1-2,5-10,14H,3-4,11-13,15H2. The maximum atomic E-state index is 13.1. The van der Waals surface area contributed by atoms with Crippen LogP contribution >= 0.6 is 23.1 Å². The summed E-state index contributed by atoms with van der Waals surface area (Å²) in [6, 6.07) is 13.3. The van der Waals surface area contributed by atoms with Gasteiger partial charge < -0.3 is 9.64 Å². The second-order valence-electron chi connectivity index (χ2n) is 7.10.